The Morgan fingerprint density at radius 2 is 2.09 bits per heavy atom. The summed E-state index contributed by atoms with van der Waals surface area (Å²) in [6.45, 7) is 0.277. The molecule has 5 nitrogen and oxygen atoms in total. The van der Waals surface area contributed by atoms with Gasteiger partial charge in [0.2, 0.25) is 10.0 Å². The summed E-state index contributed by atoms with van der Waals surface area (Å²) >= 11 is 5.86. The normalized spacial score (nSPS) is 17.2. The topological polar surface area (TPSA) is 64.6 Å². The van der Waals surface area contributed by atoms with Crippen LogP contribution in [-0.4, -0.2) is 28.2 Å². The fourth-order valence-electron chi connectivity index (χ4n) is 2.50. The summed E-state index contributed by atoms with van der Waals surface area (Å²) < 4.78 is 38.4. The van der Waals surface area contributed by atoms with E-state index in [1.807, 2.05) is 18.2 Å². The van der Waals surface area contributed by atoms with E-state index in [1.165, 1.54) is 12.1 Å². The third kappa shape index (κ3) is 3.60. The monoisotopic (exact) mass is 353 g/mol. The lowest BCUT2D eigenvalue weighted by Gasteiger charge is -2.26. The van der Waals surface area contributed by atoms with Crippen LogP contribution in [0.3, 0.4) is 0 Å². The summed E-state index contributed by atoms with van der Waals surface area (Å²) in [4.78, 5) is 0.140. The molecule has 0 saturated carbocycles. The average molecular weight is 354 g/mol. The van der Waals surface area contributed by atoms with Crippen molar-refractivity contribution in [1.82, 2.24) is 4.72 Å². The number of halogens is 1. The minimum atomic E-state index is -3.65. The number of hydrogen-bond donors (Lipinski definition) is 1. The highest BCUT2D eigenvalue weighted by Gasteiger charge is 2.25. The van der Waals surface area contributed by atoms with Gasteiger partial charge in [0.25, 0.3) is 0 Å². The van der Waals surface area contributed by atoms with Gasteiger partial charge in [-0.1, -0.05) is 17.7 Å². The van der Waals surface area contributed by atoms with E-state index in [0.29, 0.717) is 17.2 Å². The molecule has 1 aliphatic rings. The Labute approximate surface area is 140 Å². The van der Waals surface area contributed by atoms with Crippen molar-refractivity contribution in [3.63, 3.8) is 0 Å². The summed E-state index contributed by atoms with van der Waals surface area (Å²) in [5.41, 5.74) is 0.911. The molecule has 0 unspecified atom stereocenters. The SMILES string of the molecule is COc1ccc2c(c1)C[C@H](NS(=O)(=O)c1cccc(Cl)c1)CO2. The number of nitrogens with one attached hydrogen (secondary N) is 1. The summed E-state index contributed by atoms with van der Waals surface area (Å²) in [6, 6.07) is 11.3. The second-order valence-electron chi connectivity index (χ2n) is 5.26. The molecule has 1 heterocycles. The first-order valence-electron chi connectivity index (χ1n) is 7.05. The first kappa shape index (κ1) is 16.1. The fraction of sp³-hybridized carbons (Fsp3) is 0.250. The van der Waals surface area contributed by atoms with Gasteiger partial charge in [-0.05, 0) is 48.4 Å². The van der Waals surface area contributed by atoms with E-state index >= 15 is 0 Å². The summed E-state index contributed by atoms with van der Waals surface area (Å²) in [7, 11) is -2.06. The number of hydrogen-bond acceptors (Lipinski definition) is 4. The van der Waals surface area contributed by atoms with Crippen LogP contribution in [0.5, 0.6) is 11.5 Å². The van der Waals surface area contributed by atoms with Gasteiger partial charge in [0.1, 0.15) is 18.1 Å². The number of ether oxygens (including phenoxy) is 2. The van der Waals surface area contributed by atoms with E-state index < -0.39 is 10.0 Å². The lowest BCUT2D eigenvalue weighted by molar-refractivity contribution is 0.253. The van der Waals surface area contributed by atoms with Gasteiger partial charge >= 0.3 is 0 Å². The molecule has 0 bridgehead atoms. The Kier molecular flexibility index (Phi) is 4.48. The van der Waals surface area contributed by atoms with Gasteiger partial charge in [-0.25, -0.2) is 13.1 Å². The average Bonchev–Trinajstić information content (AvgIpc) is 2.54. The van der Waals surface area contributed by atoms with E-state index in [0.717, 1.165) is 11.3 Å². The van der Waals surface area contributed by atoms with Crippen molar-refractivity contribution >= 4 is 21.6 Å². The number of fused-ring (bicyclic) bond motifs is 1. The molecule has 23 heavy (non-hydrogen) atoms. The van der Waals surface area contributed by atoms with Crippen LogP contribution in [-0.2, 0) is 16.4 Å². The Morgan fingerprint density at radius 1 is 1.26 bits per heavy atom. The van der Waals surface area contributed by atoms with Crippen LogP contribution in [0, 0.1) is 0 Å². The van der Waals surface area contributed by atoms with Crippen molar-refractivity contribution in [3.8, 4) is 11.5 Å². The predicted octanol–water partition coefficient (Wildman–Crippen LogP) is 2.63. The molecule has 1 N–H and O–H groups in total. The zero-order valence-corrected chi connectivity index (χ0v) is 14.0. The first-order valence-corrected chi connectivity index (χ1v) is 8.91. The van der Waals surface area contributed by atoms with Gasteiger partial charge in [-0.2, -0.15) is 0 Å². The van der Waals surface area contributed by atoms with Gasteiger partial charge in [0.15, 0.2) is 0 Å². The van der Waals surface area contributed by atoms with Crippen molar-refractivity contribution < 1.29 is 17.9 Å². The minimum absolute atomic E-state index is 0.140. The molecule has 0 saturated heterocycles. The van der Waals surface area contributed by atoms with E-state index in [-0.39, 0.29) is 17.5 Å². The fourth-order valence-corrected chi connectivity index (χ4v) is 4.02. The molecule has 1 aliphatic heterocycles. The zero-order valence-electron chi connectivity index (χ0n) is 12.5. The molecule has 0 aliphatic carbocycles. The molecular formula is C16H16ClNO4S. The highest BCUT2D eigenvalue weighted by atomic mass is 35.5. The second-order valence-corrected chi connectivity index (χ2v) is 7.41. The standard InChI is InChI=1S/C16H16ClNO4S/c1-21-14-5-6-16-11(8-14)7-13(10-22-16)18-23(19,20)15-4-2-3-12(17)9-15/h2-6,8-9,13,18H,7,10H2,1H3/t13-/m0/s1. The van der Waals surface area contributed by atoms with E-state index in [2.05, 4.69) is 4.72 Å². The van der Waals surface area contributed by atoms with E-state index in [9.17, 15) is 8.42 Å². The largest absolute Gasteiger partial charge is 0.497 e. The van der Waals surface area contributed by atoms with Gasteiger partial charge in [0, 0.05) is 5.02 Å². The third-order valence-electron chi connectivity index (χ3n) is 3.60. The molecular weight excluding hydrogens is 338 g/mol. The molecule has 7 heteroatoms. The smallest absolute Gasteiger partial charge is 0.240 e. The number of methoxy groups -OCH3 is 1. The quantitative estimate of drug-likeness (QED) is 0.917. The van der Waals surface area contributed by atoms with Crippen molar-refractivity contribution in [1.29, 1.82) is 0 Å². The molecule has 0 amide bonds. The molecule has 2 aromatic rings. The molecule has 1 atom stereocenters. The number of rotatable bonds is 4. The molecule has 122 valence electrons. The number of sulfonamides is 1. The van der Waals surface area contributed by atoms with Crippen LogP contribution < -0.4 is 14.2 Å². The van der Waals surface area contributed by atoms with Crippen LogP contribution in [0.25, 0.3) is 0 Å². The summed E-state index contributed by atoms with van der Waals surface area (Å²) in [5.74, 6) is 1.47. The maximum Gasteiger partial charge on any atom is 0.240 e. The number of benzene rings is 2. The Morgan fingerprint density at radius 3 is 2.83 bits per heavy atom. The Bertz CT molecular complexity index is 823. The van der Waals surface area contributed by atoms with E-state index in [4.69, 9.17) is 21.1 Å². The van der Waals surface area contributed by atoms with Crippen LogP contribution in [0.1, 0.15) is 5.56 Å². The molecule has 0 fully saturated rings. The molecule has 0 radical (unpaired) electrons. The van der Waals surface area contributed by atoms with Crippen LogP contribution >= 0.6 is 11.6 Å². The zero-order chi connectivity index (χ0) is 16.4. The van der Waals surface area contributed by atoms with Crippen LogP contribution in [0.4, 0.5) is 0 Å². The minimum Gasteiger partial charge on any atom is -0.497 e. The van der Waals surface area contributed by atoms with Crippen molar-refractivity contribution in [2.24, 2.45) is 0 Å². The van der Waals surface area contributed by atoms with Crippen LogP contribution in [0.2, 0.25) is 5.02 Å². The van der Waals surface area contributed by atoms with E-state index in [1.54, 1.807) is 19.2 Å². The highest BCUT2D eigenvalue weighted by molar-refractivity contribution is 7.89. The summed E-state index contributed by atoms with van der Waals surface area (Å²) in [6.07, 6.45) is 0.534. The lowest BCUT2D eigenvalue weighted by Crippen LogP contribution is -2.42. The van der Waals surface area contributed by atoms with Gasteiger partial charge in [-0.3, -0.25) is 0 Å². The lowest BCUT2D eigenvalue weighted by atomic mass is 10.0. The van der Waals surface area contributed by atoms with Crippen molar-refractivity contribution in [2.45, 2.75) is 17.4 Å². The van der Waals surface area contributed by atoms with Crippen molar-refractivity contribution in [2.75, 3.05) is 13.7 Å². The van der Waals surface area contributed by atoms with Gasteiger partial charge in [-0.15, -0.1) is 0 Å². The second kappa shape index (κ2) is 6.39. The Hall–Kier alpha value is -1.76. The maximum absolute atomic E-state index is 12.4. The molecule has 3 rings (SSSR count). The van der Waals surface area contributed by atoms with Crippen LogP contribution in [0.15, 0.2) is 47.4 Å². The summed E-state index contributed by atoms with van der Waals surface area (Å²) in [5, 5.41) is 0.378. The van der Waals surface area contributed by atoms with Gasteiger partial charge < -0.3 is 9.47 Å². The predicted molar refractivity (Wildman–Crippen MR) is 87.8 cm³/mol. The first-order chi connectivity index (χ1) is 11.0. The van der Waals surface area contributed by atoms with Crippen molar-refractivity contribution in [3.05, 3.63) is 53.1 Å². The maximum atomic E-state index is 12.4. The third-order valence-corrected chi connectivity index (χ3v) is 5.36. The Balaban J connectivity index is 1.79. The highest BCUT2D eigenvalue weighted by Crippen LogP contribution is 2.29. The molecule has 0 spiro atoms. The van der Waals surface area contributed by atoms with Gasteiger partial charge in [0.05, 0.1) is 18.0 Å². The molecule has 2 aromatic carbocycles. The molecule has 0 aromatic heterocycles.